The second-order valence-electron chi connectivity index (χ2n) is 9.45. The van der Waals surface area contributed by atoms with Gasteiger partial charge in [-0.05, 0) is 95.3 Å². The minimum atomic E-state index is 0.107. The van der Waals surface area contributed by atoms with E-state index < -0.39 is 0 Å². The fourth-order valence-electron chi connectivity index (χ4n) is 6.45. The summed E-state index contributed by atoms with van der Waals surface area (Å²) < 4.78 is 6.16. The molecule has 5 aliphatic rings. The third kappa shape index (κ3) is 2.67. The van der Waals surface area contributed by atoms with Crippen molar-refractivity contribution in [3.63, 3.8) is 0 Å². The van der Waals surface area contributed by atoms with Gasteiger partial charge in [-0.25, -0.2) is 0 Å². The van der Waals surface area contributed by atoms with Gasteiger partial charge in [0, 0.05) is 12.6 Å². The van der Waals surface area contributed by atoms with Gasteiger partial charge in [-0.1, -0.05) is 0 Å². The quantitative estimate of drug-likeness (QED) is 0.840. The van der Waals surface area contributed by atoms with E-state index in [4.69, 9.17) is 4.74 Å². The normalized spacial score (nSPS) is 48.7. The van der Waals surface area contributed by atoms with E-state index in [1.807, 2.05) is 0 Å². The third-order valence-corrected chi connectivity index (χ3v) is 7.21. The number of rotatable bonds is 4. The Labute approximate surface area is 130 Å². The Balaban J connectivity index is 1.36. The summed E-state index contributed by atoms with van der Waals surface area (Å²) in [4.78, 5) is 0. The summed E-state index contributed by atoms with van der Waals surface area (Å²) in [5, 5.41) is 3.89. The minimum absolute atomic E-state index is 0.107. The van der Waals surface area contributed by atoms with Gasteiger partial charge in [0.1, 0.15) is 0 Å². The second kappa shape index (κ2) is 4.96. The first-order chi connectivity index (χ1) is 9.94. The molecule has 1 aliphatic heterocycles. The van der Waals surface area contributed by atoms with Crippen molar-refractivity contribution in [1.29, 1.82) is 0 Å². The fraction of sp³-hybridized carbons (Fsp3) is 1.00. The molecule has 2 atom stereocenters. The Hall–Kier alpha value is -0.0800. The van der Waals surface area contributed by atoms with Crippen LogP contribution in [0.15, 0.2) is 0 Å². The average Bonchev–Trinajstić information content (AvgIpc) is 2.74. The van der Waals surface area contributed by atoms with Crippen LogP contribution >= 0.6 is 0 Å². The van der Waals surface area contributed by atoms with Crippen LogP contribution in [0.2, 0.25) is 0 Å². The Morgan fingerprint density at radius 1 is 1.05 bits per heavy atom. The summed E-state index contributed by atoms with van der Waals surface area (Å²) in [5.74, 6) is 3.17. The Morgan fingerprint density at radius 2 is 1.62 bits per heavy atom. The monoisotopic (exact) mass is 291 g/mol. The SMILES string of the molecule is CC(NCC1CCC(C)(C)O1)C12CC3CC(CC(C3)C1)C2. The van der Waals surface area contributed by atoms with E-state index in [1.54, 1.807) is 19.3 Å². The molecule has 0 aromatic rings. The maximum Gasteiger partial charge on any atom is 0.0707 e. The van der Waals surface area contributed by atoms with Crippen LogP contribution in [0.25, 0.3) is 0 Å². The van der Waals surface area contributed by atoms with Crippen LogP contribution in [0.5, 0.6) is 0 Å². The first-order valence-electron chi connectivity index (χ1n) is 9.35. The molecule has 1 N–H and O–H groups in total. The Bertz CT molecular complexity index is 367. The highest BCUT2D eigenvalue weighted by atomic mass is 16.5. The lowest BCUT2D eigenvalue weighted by molar-refractivity contribution is -0.0740. The van der Waals surface area contributed by atoms with E-state index in [0.717, 1.165) is 24.3 Å². The predicted molar refractivity (Wildman–Crippen MR) is 86.3 cm³/mol. The van der Waals surface area contributed by atoms with E-state index in [9.17, 15) is 0 Å². The zero-order chi connectivity index (χ0) is 14.7. The highest BCUT2D eigenvalue weighted by Gasteiger charge is 2.53. The molecular weight excluding hydrogens is 258 g/mol. The van der Waals surface area contributed by atoms with Crippen molar-refractivity contribution in [3.8, 4) is 0 Å². The molecule has 2 heteroatoms. The third-order valence-electron chi connectivity index (χ3n) is 7.21. The lowest BCUT2D eigenvalue weighted by atomic mass is 9.48. The van der Waals surface area contributed by atoms with Gasteiger partial charge in [0.2, 0.25) is 0 Å². The lowest BCUT2D eigenvalue weighted by Crippen LogP contribution is -2.55. The molecule has 2 nitrogen and oxygen atoms in total. The van der Waals surface area contributed by atoms with Gasteiger partial charge < -0.3 is 10.1 Å². The van der Waals surface area contributed by atoms with Crippen molar-refractivity contribution in [2.24, 2.45) is 23.2 Å². The maximum absolute atomic E-state index is 6.16. The molecule has 4 saturated carbocycles. The highest BCUT2D eigenvalue weighted by molar-refractivity contribution is 5.05. The van der Waals surface area contributed by atoms with Crippen molar-refractivity contribution in [2.75, 3.05) is 6.54 Å². The van der Waals surface area contributed by atoms with Crippen molar-refractivity contribution in [2.45, 2.75) is 89.9 Å². The predicted octanol–water partition coefficient (Wildman–Crippen LogP) is 4.14. The van der Waals surface area contributed by atoms with Crippen molar-refractivity contribution >= 4 is 0 Å². The van der Waals surface area contributed by atoms with Crippen molar-refractivity contribution in [1.82, 2.24) is 5.32 Å². The standard InChI is InChI=1S/C19H33NO/c1-13(20-12-17-4-5-18(2,3)21-17)19-9-14-6-15(10-19)8-16(7-14)11-19/h13-17,20H,4-12H2,1-3H3. The fourth-order valence-corrected chi connectivity index (χ4v) is 6.45. The zero-order valence-corrected chi connectivity index (χ0v) is 14.2. The van der Waals surface area contributed by atoms with Crippen LogP contribution in [0.1, 0.15) is 72.1 Å². The molecule has 0 aromatic heterocycles. The number of nitrogens with one attached hydrogen (secondary N) is 1. The summed E-state index contributed by atoms with van der Waals surface area (Å²) in [6.07, 6.45) is 12.0. The van der Waals surface area contributed by atoms with Crippen LogP contribution in [0, 0.1) is 23.2 Å². The molecule has 120 valence electrons. The van der Waals surface area contributed by atoms with Crippen LogP contribution in [-0.2, 0) is 4.74 Å². The highest BCUT2D eigenvalue weighted by Crippen LogP contribution is 2.61. The van der Waals surface area contributed by atoms with Crippen molar-refractivity contribution in [3.05, 3.63) is 0 Å². The molecule has 21 heavy (non-hydrogen) atoms. The van der Waals surface area contributed by atoms with Gasteiger partial charge in [-0.3, -0.25) is 0 Å². The molecule has 1 heterocycles. The first kappa shape index (κ1) is 14.5. The van der Waals surface area contributed by atoms with Gasteiger partial charge in [0.15, 0.2) is 0 Å². The van der Waals surface area contributed by atoms with Crippen molar-refractivity contribution < 1.29 is 4.74 Å². The van der Waals surface area contributed by atoms with Gasteiger partial charge in [-0.2, -0.15) is 0 Å². The molecule has 1 saturated heterocycles. The summed E-state index contributed by atoms with van der Waals surface area (Å²) in [5.41, 5.74) is 0.735. The van der Waals surface area contributed by atoms with E-state index in [0.29, 0.717) is 17.6 Å². The van der Waals surface area contributed by atoms with E-state index in [2.05, 4.69) is 26.1 Å². The molecule has 0 amide bonds. The van der Waals surface area contributed by atoms with Crippen LogP contribution in [0.4, 0.5) is 0 Å². The molecule has 4 bridgehead atoms. The minimum Gasteiger partial charge on any atom is -0.371 e. The summed E-state index contributed by atoms with van der Waals surface area (Å²) >= 11 is 0. The lowest BCUT2D eigenvalue weighted by Gasteiger charge is -2.59. The summed E-state index contributed by atoms with van der Waals surface area (Å²) in [6.45, 7) is 7.99. The van der Waals surface area contributed by atoms with Gasteiger partial charge in [-0.15, -0.1) is 0 Å². The molecule has 2 unspecified atom stereocenters. The molecule has 5 rings (SSSR count). The van der Waals surface area contributed by atoms with Crippen LogP contribution < -0.4 is 5.32 Å². The zero-order valence-electron chi connectivity index (χ0n) is 14.2. The van der Waals surface area contributed by atoms with E-state index in [1.165, 1.54) is 32.1 Å². The number of hydrogen-bond acceptors (Lipinski definition) is 2. The molecular formula is C19H33NO. The van der Waals surface area contributed by atoms with Gasteiger partial charge in [0.25, 0.3) is 0 Å². The molecule has 0 spiro atoms. The molecule has 0 aromatic carbocycles. The molecule has 0 radical (unpaired) electrons. The summed E-state index contributed by atoms with van der Waals surface area (Å²) in [6, 6.07) is 0.679. The maximum atomic E-state index is 6.16. The smallest absolute Gasteiger partial charge is 0.0707 e. The van der Waals surface area contributed by atoms with Crippen LogP contribution in [-0.4, -0.2) is 24.3 Å². The molecule has 5 fully saturated rings. The topological polar surface area (TPSA) is 21.3 Å². The largest absolute Gasteiger partial charge is 0.371 e. The molecule has 4 aliphatic carbocycles. The van der Waals surface area contributed by atoms with E-state index in [-0.39, 0.29) is 5.60 Å². The van der Waals surface area contributed by atoms with Gasteiger partial charge in [0.05, 0.1) is 11.7 Å². The number of hydrogen-bond donors (Lipinski definition) is 1. The Morgan fingerprint density at radius 3 is 2.10 bits per heavy atom. The van der Waals surface area contributed by atoms with Gasteiger partial charge >= 0.3 is 0 Å². The average molecular weight is 291 g/mol. The first-order valence-corrected chi connectivity index (χ1v) is 9.35. The van der Waals surface area contributed by atoms with E-state index >= 15 is 0 Å². The number of ether oxygens (including phenoxy) is 1. The summed E-state index contributed by atoms with van der Waals surface area (Å²) in [7, 11) is 0. The van der Waals surface area contributed by atoms with Crippen LogP contribution in [0.3, 0.4) is 0 Å². The second-order valence-corrected chi connectivity index (χ2v) is 9.45. The Kier molecular flexibility index (Phi) is 3.43.